The Kier molecular flexibility index (Phi) is 4.10. The van der Waals surface area contributed by atoms with Crippen molar-refractivity contribution in [1.82, 2.24) is 0 Å². The van der Waals surface area contributed by atoms with Crippen LogP contribution in [0.25, 0.3) is 0 Å². The third-order valence-corrected chi connectivity index (χ3v) is 2.84. The molecule has 0 rings (SSSR count). The summed E-state index contributed by atoms with van der Waals surface area (Å²) in [6, 6.07) is 1.30. The van der Waals surface area contributed by atoms with Crippen molar-refractivity contribution in [2.45, 2.75) is 25.4 Å². The first kappa shape index (κ1) is 6.96. The molecule has 7 heavy (non-hydrogen) atoms. The van der Waals surface area contributed by atoms with Gasteiger partial charge in [-0.3, -0.25) is 0 Å². The average molecular weight is 114 g/mol. The van der Waals surface area contributed by atoms with E-state index in [1.165, 1.54) is 6.04 Å². The smallest absolute Gasteiger partial charge is 0.0265 e. The number of hydrogen-bond donors (Lipinski definition) is 0. The monoisotopic (exact) mass is 114 g/mol. The van der Waals surface area contributed by atoms with Crippen LogP contribution in [0.1, 0.15) is 13.8 Å². The van der Waals surface area contributed by atoms with E-state index in [-0.39, 0.29) is 9.52 Å². The van der Waals surface area contributed by atoms with Crippen LogP contribution >= 0.6 is 0 Å². The Morgan fingerprint density at radius 2 is 2.29 bits per heavy atom. The molecule has 0 bridgehead atoms. The van der Waals surface area contributed by atoms with Gasteiger partial charge in [-0.05, 0) is 6.04 Å². The molecule has 0 saturated heterocycles. The van der Waals surface area contributed by atoms with Crippen molar-refractivity contribution in [3.8, 4) is 0 Å². The summed E-state index contributed by atoms with van der Waals surface area (Å²) in [5.74, 6) is 0. The average Bonchev–Trinajstić information content (AvgIpc) is 1.61. The third-order valence-electron chi connectivity index (χ3n) is 0.948. The van der Waals surface area contributed by atoms with Crippen LogP contribution in [0.2, 0.25) is 11.6 Å². The molecule has 0 aromatic heterocycles. The van der Waals surface area contributed by atoms with Crippen molar-refractivity contribution in [3.05, 3.63) is 12.7 Å². The van der Waals surface area contributed by atoms with Gasteiger partial charge in [0.2, 0.25) is 0 Å². The Hall–Kier alpha value is -0.0431. The Labute approximate surface area is 48.4 Å². The van der Waals surface area contributed by atoms with Crippen molar-refractivity contribution < 1.29 is 0 Å². The summed E-state index contributed by atoms with van der Waals surface area (Å²) in [4.78, 5) is 0. The number of hydrogen-bond acceptors (Lipinski definition) is 0. The van der Waals surface area contributed by atoms with Crippen molar-refractivity contribution >= 4 is 9.52 Å². The van der Waals surface area contributed by atoms with Crippen LogP contribution in [-0.4, -0.2) is 9.52 Å². The summed E-state index contributed by atoms with van der Waals surface area (Å²) in [6.45, 7) is 8.24. The first-order chi connectivity index (χ1) is 3.27. The molecule has 0 aliphatic rings. The van der Waals surface area contributed by atoms with Crippen LogP contribution in [-0.2, 0) is 0 Å². The second-order valence-electron chi connectivity index (χ2n) is 2.26. The minimum absolute atomic E-state index is 0.228. The molecule has 0 aliphatic heterocycles. The summed E-state index contributed by atoms with van der Waals surface area (Å²) in [5.41, 5.74) is 0.970. The molecule has 0 spiro atoms. The first-order valence-corrected chi connectivity index (χ1v) is 4.70. The SMILES string of the molecule is C=CC[SiH2]C(C)C. The van der Waals surface area contributed by atoms with E-state index in [0.717, 1.165) is 5.54 Å². The topological polar surface area (TPSA) is 0 Å². The largest absolute Gasteiger partial charge is 0.103 e. The van der Waals surface area contributed by atoms with E-state index in [2.05, 4.69) is 20.4 Å². The molecule has 0 fully saturated rings. The van der Waals surface area contributed by atoms with E-state index in [9.17, 15) is 0 Å². The molecule has 0 amide bonds. The molecular weight excluding hydrogens is 100 g/mol. The lowest BCUT2D eigenvalue weighted by Crippen LogP contribution is -1.90. The lowest BCUT2D eigenvalue weighted by molar-refractivity contribution is 1.05. The highest BCUT2D eigenvalue weighted by molar-refractivity contribution is 6.37. The van der Waals surface area contributed by atoms with E-state index in [0.29, 0.717) is 0 Å². The lowest BCUT2D eigenvalue weighted by Gasteiger charge is -1.95. The molecule has 0 heterocycles. The first-order valence-electron chi connectivity index (χ1n) is 2.88. The Morgan fingerprint density at radius 1 is 1.71 bits per heavy atom. The van der Waals surface area contributed by atoms with Crippen LogP contribution in [0.15, 0.2) is 12.7 Å². The van der Waals surface area contributed by atoms with Gasteiger partial charge >= 0.3 is 0 Å². The summed E-state index contributed by atoms with van der Waals surface area (Å²) in [5, 5.41) is 0. The molecule has 0 aromatic carbocycles. The fraction of sp³-hybridized carbons (Fsp3) is 0.667. The summed E-state index contributed by atoms with van der Waals surface area (Å²) < 4.78 is 0. The molecule has 0 saturated carbocycles. The quantitative estimate of drug-likeness (QED) is 0.386. The van der Waals surface area contributed by atoms with Crippen molar-refractivity contribution in [2.75, 3.05) is 0 Å². The van der Waals surface area contributed by atoms with Gasteiger partial charge in [-0.25, -0.2) is 0 Å². The highest BCUT2D eigenvalue weighted by atomic mass is 28.2. The van der Waals surface area contributed by atoms with E-state index < -0.39 is 0 Å². The van der Waals surface area contributed by atoms with Crippen molar-refractivity contribution in [3.63, 3.8) is 0 Å². The molecule has 0 unspecified atom stereocenters. The van der Waals surface area contributed by atoms with Crippen LogP contribution < -0.4 is 0 Å². The van der Waals surface area contributed by atoms with Gasteiger partial charge in [0, 0.05) is 9.52 Å². The zero-order chi connectivity index (χ0) is 5.70. The second kappa shape index (κ2) is 4.12. The van der Waals surface area contributed by atoms with Crippen molar-refractivity contribution in [1.29, 1.82) is 0 Å². The molecule has 0 N–H and O–H groups in total. The van der Waals surface area contributed by atoms with Gasteiger partial charge in [0.25, 0.3) is 0 Å². The van der Waals surface area contributed by atoms with Gasteiger partial charge in [0.1, 0.15) is 0 Å². The van der Waals surface area contributed by atoms with E-state index in [1.807, 2.05) is 6.08 Å². The zero-order valence-corrected chi connectivity index (χ0v) is 6.69. The second-order valence-corrected chi connectivity index (χ2v) is 5.05. The maximum absolute atomic E-state index is 3.67. The van der Waals surface area contributed by atoms with E-state index in [1.54, 1.807) is 0 Å². The van der Waals surface area contributed by atoms with E-state index in [4.69, 9.17) is 0 Å². The number of rotatable bonds is 3. The van der Waals surface area contributed by atoms with Crippen LogP contribution in [0.5, 0.6) is 0 Å². The fourth-order valence-electron chi connectivity index (χ4n) is 0.451. The van der Waals surface area contributed by atoms with Gasteiger partial charge < -0.3 is 0 Å². The summed E-state index contributed by atoms with van der Waals surface area (Å²) in [6.07, 6.45) is 2.03. The molecular formula is C6H14Si. The molecule has 0 aliphatic carbocycles. The normalized spacial score (nSPS) is 11.3. The molecule has 42 valence electrons. The van der Waals surface area contributed by atoms with Gasteiger partial charge in [0.15, 0.2) is 0 Å². The van der Waals surface area contributed by atoms with Gasteiger partial charge in [-0.2, -0.15) is 0 Å². The Morgan fingerprint density at radius 3 is 2.43 bits per heavy atom. The minimum atomic E-state index is 0.228. The van der Waals surface area contributed by atoms with Gasteiger partial charge in [-0.1, -0.05) is 25.5 Å². The van der Waals surface area contributed by atoms with Crippen molar-refractivity contribution in [2.24, 2.45) is 0 Å². The molecule has 1 heteroatoms. The van der Waals surface area contributed by atoms with Crippen LogP contribution in [0.3, 0.4) is 0 Å². The minimum Gasteiger partial charge on any atom is -0.103 e. The molecule has 0 nitrogen and oxygen atoms in total. The number of allylic oxidation sites excluding steroid dienone is 1. The Bertz CT molecular complexity index is 48.1. The molecule has 0 atom stereocenters. The molecule has 0 radical (unpaired) electrons. The van der Waals surface area contributed by atoms with Gasteiger partial charge in [0.05, 0.1) is 0 Å². The lowest BCUT2D eigenvalue weighted by atomic mass is 10.6. The third kappa shape index (κ3) is 5.96. The maximum Gasteiger partial charge on any atom is 0.0265 e. The van der Waals surface area contributed by atoms with E-state index >= 15 is 0 Å². The standard InChI is InChI=1S/C6H14Si/c1-4-5-7-6(2)3/h4,6H,1,5,7H2,2-3H3. The maximum atomic E-state index is 3.67. The van der Waals surface area contributed by atoms with Crippen LogP contribution in [0.4, 0.5) is 0 Å². The predicted octanol–water partition coefficient (Wildman–Crippen LogP) is 1.59. The van der Waals surface area contributed by atoms with Gasteiger partial charge in [-0.15, -0.1) is 6.58 Å². The highest BCUT2D eigenvalue weighted by Gasteiger charge is 1.88. The fourth-order valence-corrected chi connectivity index (χ4v) is 1.35. The summed E-state index contributed by atoms with van der Waals surface area (Å²) in [7, 11) is 0.228. The Balaban J connectivity index is 2.81. The predicted molar refractivity (Wildman–Crippen MR) is 38.6 cm³/mol. The highest BCUT2D eigenvalue weighted by Crippen LogP contribution is 1.99. The summed E-state index contributed by atoms with van der Waals surface area (Å²) >= 11 is 0. The molecule has 0 aromatic rings. The zero-order valence-electron chi connectivity index (χ0n) is 5.28. The van der Waals surface area contributed by atoms with Crippen LogP contribution in [0, 0.1) is 0 Å².